The molecule has 1 aliphatic heterocycles. The molecule has 1 unspecified atom stereocenters. The van der Waals surface area contributed by atoms with Crippen LogP contribution in [0.1, 0.15) is 40.9 Å². The zero-order chi connectivity index (χ0) is 25.5. The maximum absolute atomic E-state index is 13.9. The first-order valence-electron chi connectivity index (χ1n) is 10.2. The molecule has 2 aromatic rings. The van der Waals surface area contributed by atoms with Crippen molar-refractivity contribution in [1.29, 1.82) is 4.78 Å². The minimum absolute atomic E-state index is 0.00740. The van der Waals surface area contributed by atoms with Gasteiger partial charge in [-0.25, -0.2) is 22.8 Å². The van der Waals surface area contributed by atoms with E-state index in [9.17, 15) is 31.0 Å². The Balaban J connectivity index is 2.10. The third kappa shape index (κ3) is 5.85. The lowest BCUT2D eigenvalue weighted by Crippen LogP contribution is -2.31. The number of hydrogen-bond acceptors (Lipinski definition) is 5. The van der Waals surface area contributed by atoms with Gasteiger partial charge in [0.2, 0.25) is 5.92 Å². The van der Waals surface area contributed by atoms with Gasteiger partial charge in [0, 0.05) is 42.8 Å². The van der Waals surface area contributed by atoms with Crippen LogP contribution in [0, 0.1) is 11.7 Å². The molecule has 34 heavy (non-hydrogen) atoms. The number of rotatable bonds is 4. The number of carbonyl (C=O) groups excluding carboxylic acids is 1. The van der Waals surface area contributed by atoms with E-state index in [0.29, 0.717) is 0 Å². The Morgan fingerprint density at radius 3 is 2.56 bits per heavy atom. The summed E-state index contributed by atoms with van der Waals surface area (Å²) in [5, 5.41) is 2.54. The average Bonchev–Trinajstić information content (AvgIpc) is 2.88. The van der Waals surface area contributed by atoms with Crippen LogP contribution >= 0.6 is 15.9 Å². The molecule has 1 aliphatic rings. The first kappa shape index (κ1) is 26.3. The number of nitrogens with one attached hydrogen (secondary N) is 2. The Kier molecular flexibility index (Phi) is 7.28. The summed E-state index contributed by atoms with van der Waals surface area (Å²) in [6.45, 7) is 1.04. The fourth-order valence-corrected chi connectivity index (χ4v) is 4.84. The zero-order valence-corrected chi connectivity index (χ0v) is 20.6. The van der Waals surface area contributed by atoms with Gasteiger partial charge in [-0.2, -0.15) is 13.2 Å². The molecule has 3 rings (SSSR count). The van der Waals surface area contributed by atoms with Crippen LogP contribution in [0.3, 0.4) is 0 Å². The first-order chi connectivity index (χ1) is 15.6. The maximum atomic E-state index is 13.9. The van der Waals surface area contributed by atoms with Gasteiger partial charge in [0.05, 0.1) is 19.8 Å². The summed E-state index contributed by atoms with van der Waals surface area (Å²) in [6.07, 6.45) is -4.61. The van der Waals surface area contributed by atoms with Gasteiger partial charge >= 0.3 is 6.18 Å². The standard InChI is InChI=1S/C21H22BrF5N4O2S/c1-12-15(19(32)29-13-5-3-6-14(11-13)34(2,28)33)18(30-17(16(12)22)21(25,26)27)31-9-4-7-20(23,24)8-10-31/h3,5-6,11,28H,4,7-10H2,1-2H3,(H,29,32). The summed E-state index contributed by atoms with van der Waals surface area (Å²) in [4.78, 5) is 18.4. The van der Waals surface area contributed by atoms with E-state index in [1.165, 1.54) is 42.3 Å². The molecule has 186 valence electrons. The Morgan fingerprint density at radius 1 is 1.26 bits per heavy atom. The van der Waals surface area contributed by atoms with Gasteiger partial charge in [-0.15, -0.1) is 0 Å². The number of nitrogens with zero attached hydrogens (tertiary/aromatic N) is 2. The summed E-state index contributed by atoms with van der Waals surface area (Å²) in [5.41, 5.74) is -1.33. The fraction of sp³-hybridized carbons (Fsp3) is 0.429. The lowest BCUT2D eigenvalue weighted by Gasteiger charge is -2.27. The Labute approximate surface area is 202 Å². The molecule has 1 aromatic heterocycles. The summed E-state index contributed by atoms with van der Waals surface area (Å²) >= 11 is 2.89. The summed E-state index contributed by atoms with van der Waals surface area (Å²) in [5.74, 6) is -4.10. The number of aromatic nitrogens is 1. The van der Waals surface area contributed by atoms with E-state index >= 15 is 0 Å². The van der Waals surface area contributed by atoms with Crippen LogP contribution in [0.25, 0.3) is 0 Å². The lowest BCUT2D eigenvalue weighted by molar-refractivity contribution is -0.141. The zero-order valence-electron chi connectivity index (χ0n) is 18.2. The largest absolute Gasteiger partial charge is 0.434 e. The van der Waals surface area contributed by atoms with Crippen molar-refractivity contribution < 1.29 is 31.0 Å². The summed E-state index contributed by atoms with van der Waals surface area (Å²) in [6, 6.07) is 5.74. The number of alkyl halides is 5. The second kappa shape index (κ2) is 9.40. The number of benzene rings is 1. The smallest absolute Gasteiger partial charge is 0.356 e. The normalized spacial score (nSPS) is 18.2. The summed E-state index contributed by atoms with van der Waals surface area (Å²) < 4.78 is 88.0. The minimum atomic E-state index is -4.84. The number of hydrogen-bond donors (Lipinski definition) is 2. The molecule has 1 amide bonds. The van der Waals surface area contributed by atoms with Gasteiger partial charge in [0.25, 0.3) is 5.91 Å². The van der Waals surface area contributed by atoms with Gasteiger partial charge in [-0.05, 0) is 53.0 Å². The highest BCUT2D eigenvalue weighted by atomic mass is 79.9. The van der Waals surface area contributed by atoms with Crippen molar-refractivity contribution in [2.75, 3.05) is 29.6 Å². The van der Waals surface area contributed by atoms with Crippen molar-refractivity contribution >= 4 is 43.1 Å². The number of amides is 1. The molecule has 1 aromatic carbocycles. The van der Waals surface area contributed by atoms with Crippen LogP contribution in [0.15, 0.2) is 33.6 Å². The van der Waals surface area contributed by atoms with Crippen LogP contribution in [-0.4, -0.2) is 40.4 Å². The van der Waals surface area contributed by atoms with Gasteiger partial charge in [0.15, 0.2) is 5.69 Å². The third-order valence-corrected chi connectivity index (χ3v) is 7.53. The van der Waals surface area contributed by atoms with Crippen molar-refractivity contribution in [3.63, 3.8) is 0 Å². The number of halogens is 6. The van der Waals surface area contributed by atoms with E-state index < -0.39 is 50.7 Å². The molecule has 1 saturated heterocycles. The van der Waals surface area contributed by atoms with Crippen molar-refractivity contribution in [3.8, 4) is 0 Å². The van der Waals surface area contributed by atoms with Crippen molar-refractivity contribution in [3.05, 3.63) is 45.6 Å². The molecular weight excluding hydrogens is 547 g/mol. The van der Waals surface area contributed by atoms with Crippen molar-refractivity contribution in [2.24, 2.45) is 0 Å². The van der Waals surface area contributed by atoms with Gasteiger partial charge < -0.3 is 10.2 Å². The number of pyridine rings is 1. The van der Waals surface area contributed by atoms with Crippen molar-refractivity contribution in [2.45, 2.75) is 43.2 Å². The van der Waals surface area contributed by atoms with Crippen LogP contribution < -0.4 is 10.2 Å². The van der Waals surface area contributed by atoms with Crippen LogP contribution in [0.5, 0.6) is 0 Å². The molecule has 13 heteroatoms. The van der Waals surface area contributed by atoms with Crippen LogP contribution in [0.4, 0.5) is 33.5 Å². The highest BCUT2D eigenvalue weighted by Crippen LogP contribution is 2.40. The molecule has 0 aliphatic carbocycles. The number of carbonyl (C=O) groups is 1. The molecule has 6 nitrogen and oxygen atoms in total. The lowest BCUT2D eigenvalue weighted by atomic mass is 10.1. The minimum Gasteiger partial charge on any atom is -0.356 e. The predicted octanol–water partition coefficient (Wildman–Crippen LogP) is 6.08. The van der Waals surface area contributed by atoms with Gasteiger partial charge in [0.1, 0.15) is 5.82 Å². The first-order valence-corrected chi connectivity index (χ1v) is 12.9. The van der Waals surface area contributed by atoms with E-state index in [2.05, 4.69) is 26.2 Å². The van der Waals surface area contributed by atoms with E-state index in [1.807, 2.05) is 0 Å². The highest BCUT2D eigenvalue weighted by molar-refractivity contribution is 9.10. The van der Waals surface area contributed by atoms with E-state index in [0.717, 1.165) is 0 Å². The van der Waals surface area contributed by atoms with Gasteiger partial charge in [-0.3, -0.25) is 4.79 Å². The quantitative estimate of drug-likeness (QED) is 0.437. The van der Waals surface area contributed by atoms with Crippen molar-refractivity contribution in [1.82, 2.24) is 4.98 Å². The molecule has 0 spiro atoms. The molecule has 1 atom stereocenters. The second-order valence-corrected chi connectivity index (χ2v) is 11.1. The Morgan fingerprint density at radius 2 is 1.94 bits per heavy atom. The predicted molar refractivity (Wildman–Crippen MR) is 122 cm³/mol. The SMILES string of the molecule is Cc1c(Br)c(C(F)(F)F)nc(N2CCCC(F)(F)CC2)c1C(=O)Nc1cccc(S(C)(=N)=O)c1. The molecule has 0 saturated carbocycles. The van der Waals surface area contributed by atoms with Crippen LogP contribution in [-0.2, 0) is 15.9 Å². The topological polar surface area (TPSA) is 86.2 Å². The van der Waals surface area contributed by atoms with E-state index in [4.69, 9.17) is 4.78 Å². The molecular formula is C21H22BrF5N4O2S. The average molecular weight is 569 g/mol. The fourth-order valence-electron chi connectivity index (χ4n) is 3.64. The number of anilines is 2. The highest BCUT2D eigenvalue weighted by Gasteiger charge is 2.40. The van der Waals surface area contributed by atoms with E-state index in [1.54, 1.807) is 0 Å². The maximum Gasteiger partial charge on any atom is 0.434 e. The molecule has 0 radical (unpaired) electrons. The molecule has 2 N–H and O–H groups in total. The Bertz CT molecular complexity index is 1220. The van der Waals surface area contributed by atoms with Gasteiger partial charge in [-0.1, -0.05) is 6.07 Å². The van der Waals surface area contributed by atoms with E-state index in [-0.39, 0.29) is 47.0 Å². The second-order valence-electron chi connectivity index (χ2n) is 8.12. The molecule has 0 bridgehead atoms. The Hall–Kier alpha value is -2.28. The molecule has 2 heterocycles. The third-order valence-electron chi connectivity index (χ3n) is 5.41. The monoisotopic (exact) mass is 568 g/mol. The molecule has 1 fully saturated rings. The van der Waals surface area contributed by atoms with Crippen LogP contribution in [0.2, 0.25) is 0 Å². The summed E-state index contributed by atoms with van der Waals surface area (Å²) in [7, 11) is -3.08.